The van der Waals surface area contributed by atoms with Gasteiger partial charge in [0.05, 0.1) is 11.6 Å². The maximum atomic E-state index is 6.11. The molecule has 1 saturated carbocycles. The van der Waals surface area contributed by atoms with Crippen molar-refractivity contribution in [2.75, 3.05) is 7.11 Å². The lowest BCUT2D eigenvalue weighted by molar-refractivity contribution is 0.411. The number of hydrogen-bond donors (Lipinski definition) is 1. The predicted molar refractivity (Wildman–Crippen MR) is 69.9 cm³/mol. The molecule has 0 heterocycles. The molecule has 0 bridgehead atoms. The summed E-state index contributed by atoms with van der Waals surface area (Å²) < 4.78 is 6.41. The van der Waals surface area contributed by atoms with Crippen LogP contribution in [-0.2, 0) is 6.42 Å². The molecule has 1 aromatic carbocycles. The first-order valence-corrected chi connectivity index (χ1v) is 6.45. The Bertz CT molecular complexity index is 399. The van der Waals surface area contributed by atoms with Gasteiger partial charge in [0, 0.05) is 5.54 Å². The Labute approximate surface area is 105 Å². The third-order valence-corrected chi connectivity index (χ3v) is 4.16. The fourth-order valence-electron chi connectivity index (χ4n) is 1.93. The third-order valence-electron chi connectivity index (χ3n) is 3.26. The normalized spacial score (nSPS) is 17.2. The average Bonchev–Trinajstić information content (AvgIpc) is 2.98. The van der Waals surface area contributed by atoms with Crippen LogP contribution in [0.1, 0.15) is 30.4 Å². The number of benzene rings is 1. The van der Waals surface area contributed by atoms with E-state index in [1.807, 2.05) is 6.07 Å². The van der Waals surface area contributed by atoms with Crippen LogP contribution in [0, 0.1) is 6.92 Å². The molecule has 1 aliphatic rings. The Morgan fingerprint density at radius 3 is 2.69 bits per heavy atom. The van der Waals surface area contributed by atoms with Gasteiger partial charge in [0.1, 0.15) is 5.75 Å². The van der Waals surface area contributed by atoms with Crippen LogP contribution in [0.25, 0.3) is 0 Å². The number of methoxy groups -OCH3 is 1. The molecule has 0 saturated heterocycles. The van der Waals surface area contributed by atoms with E-state index in [0.29, 0.717) is 0 Å². The second-order valence-electron chi connectivity index (χ2n) is 4.80. The summed E-state index contributed by atoms with van der Waals surface area (Å²) in [6, 6.07) is 4.25. The maximum Gasteiger partial charge on any atom is 0.133 e. The molecule has 0 radical (unpaired) electrons. The molecule has 0 spiro atoms. The van der Waals surface area contributed by atoms with Gasteiger partial charge in [-0.05, 0) is 65.7 Å². The highest BCUT2D eigenvalue weighted by atomic mass is 79.9. The van der Waals surface area contributed by atoms with Crippen LogP contribution in [0.5, 0.6) is 5.75 Å². The van der Waals surface area contributed by atoms with Crippen LogP contribution in [-0.4, -0.2) is 12.6 Å². The number of nitrogens with two attached hydrogens (primary N) is 1. The molecule has 1 aliphatic carbocycles. The average molecular weight is 284 g/mol. The maximum absolute atomic E-state index is 6.11. The zero-order valence-electron chi connectivity index (χ0n) is 9.85. The summed E-state index contributed by atoms with van der Waals surface area (Å²) in [6.07, 6.45) is 4.44. The molecule has 1 aromatic rings. The van der Waals surface area contributed by atoms with E-state index >= 15 is 0 Å². The lowest BCUT2D eigenvalue weighted by Crippen LogP contribution is -2.22. The van der Waals surface area contributed by atoms with E-state index in [1.54, 1.807) is 7.11 Å². The largest absolute Gasteiger partial charge is 0.496 e. The first-order valence-electron chi connectivity index (χ1n) is 5.66. The van der Waals surface area contributed by atoms with Crippen LogP contribution in [0.15, 0.2) is 16.6 Å². The molecule has 0 aromatic heterocycles. The molecule has 0 amide bonds. The zero-order chi connectivity index (χ0) is 11.8. The summed E-state index contributed by atoms with van der Waals surface area (Å²) in [6.45, 7) is 2.09. The van der Waals surface area contributed by atoms with Crippen molar-refractivity contribution in [3.05, 3.63) is 27.7 Å². The monoisotopic (exact) mass is 283 g/mol. The summed E-state index contributed by atoms with van der Waals surface area (Å²) in [4.78, 5) is 0. The molecule has 16 heavy (non-hydrogen) atoms. The van der Waals surface area contributed by atoms with Gasteiger partial charge in [0.15, 0.2) is 0 Å². The summed E-state index contributed by atoms with van der Waals surface area (Å²) in [5.41, 5.74) is 8.76. The van der Waals surface area contributed by atoms with Crippen molar-refractivity contribution in [3.8, 4) is 5.75 Å². The summed E-state index contributed by atoms with van der Waals surface area (Å²) in [5, 5.41) is 0. The number of halogens is 1. The van der Waals surface area contributed by atoms with Crippen LogP contribution >= 0.6 is 15.9 Å². The summed E-state index contributed by atoms with van der Waals surface area (Å²) >= 11 is 3.60. The lowest BCUT2D eigenvalue weighted by Gasteiger charge is -2.13. The van der Waals surface area contributed by atoms with Crippen molar-refractivity contribution < 1.29 is 4.74 Å². The van der Waals surface area contributed by atoms with Gasteiger partial charge in [-0.2, -0.15) is 0 Å². The van der Waals surface area contributed by atoms with Crippen LogP contribution in [0.2, 0.25) is 0 Å². The molecule has 88 valence electrons. The highest BCUT2D eigenvalue weighted by molar-refractivity contribution is 9.10. The van der Waals surface area contributed by atoms with Crippen LogP contribution in [0.3, 0.4) is 0 Å². The van der Waals surface area contributed by atoms with E-state index < -0.39 is 0 Å². The van der Waals surface area contributed by atoms with Gasteiger partial charge in [0.2, 0.25) is 0 Å². The van der Waals surface area contributed by atoms with E-state index in [-0.39, 0.29) is 5.54 Å². The summed E-state index contributed by atoms with van der Waals surface area (Å²) in [5.74, 6) is 0.914. The fourth-order valence-corrected chi connectivity index (χ4v) is 2.52. The zero-order valence-corrected chi connectivity index (χ0v) is 11.4. The second kappa shape index (κ2) is 4.38. The van der Waals surface area contributed by atoms with Gasteiger partial charge < -0.3 is 10.5 Å². The highest BCUT2D eigenvalue weighted by Gasteiger charge is 2.37. The standard InChI is InChI=1S/C13H18BrNO/c1-9-7-10(3-4-13(15)5-6-13)12(14)11(8-9)16-2/h7-8H,3-6,15H2,1-2H3. The molecule has 0 atom stereocenters. The third kappa shape index (κ3) is 2.58. The minimum Gasteiger partial charge on any atom is -0.496 e. The number of aryl methyl sites for hydroxylation is 2. The van der Waals surface area contributed by atoms with Gasteiger partial charge >= 0.3 is 0 Å². The van der Waals surface area contributed by atoms with E-state index in [9.17, 15) is 0 Å². The van der Waals surface area contributed by atoms with Gasteiger partial charge in [0.25, 0.3) is 0 Å². The Balaban J connectivity index is 2.15. The molecule has 2 N–H and O–H groups in total. The molecular formula is C13H18BrNO. The molecule has 0 unspecified atom stereocenters. The number of rotatable bonds is 4. The van der Waals surface area contributed by atoms with E-state index in [4.69, 9.17) is 10.5 Å². The van der Waals surface area contributed by atoms with Crippen molar-refractivity contribution in [2.24, 2.45) is 5.73 Å². The lowest BCUT2D eigenvalue weighted by atomic mass is 10.0. The Morgan fingerprint density at radius 2 is 2.12 bits per heavy atom. The molecule has 1 fully saturated rings. The van der Waals surface area contributed by atoms with Crippen LogP contribution < -0.4 is 10.5 Å². The van der Waals surface area contributed by atoms with Crippen molar-refractivity contribution in [1.82, 2.24) is 0 Å². The Morgan fingerprint density at radius 1 is 1.44 bits per heavy atom. The fraction of sp³-hybridized carbons (Fsp3) is 0.538. The molecule has 0 aliphatic heterocycles. The van der Waals surface area contributed by atoms with E-state index in [0.717, 1.165) is 23.1 Å². The van der Waals surface area contributed by atoms with Gasteiger partial charge in [-0.1, -0.05) is 6.07 Å². The number of ether oxygens (including phenoxy) is 1. The van der Waals surface area contributed by atoms with Gasteiger partial charge in [-0.25, -0.2) is 0 Å². The minimum atomic E-state index is 0.121. The van der Waals surface area contributed by atoms with Crippen molar-refractivity contribution in [3.63, 3.8) is 0 Å². The summed E-state index contributed by atoms with van der Waals surface area (Å²) in [7, 11) is 1.70. The first-order chi connectivity index (χ1) is 7.54. The van der Waals surface area contributed by atoms with Gasteiger partial charge in [-0.3, -0.25) is 0 Å². The minimum absolute atomic E-state index is 0.121. The molecule has 2 rings (SSSR count). The van der Waals surface area contributed by atoms with Gasteiger partial charge in [-0.15, -0.1) is 0 Å². The topological polar surface area (TPSA) is 35.2 Å². The van der Waals surface area contributed by atoms with Crippen molar-refractivity contribution >= 4 is 15.9 Å². The van der Waals surface area contributed by atoms with E-state index in [1.165, 1.54) is 24.0 Å². The SMILES string of the molecule is COc1cc(C)cc(CCC2(N)CC2)c1Br. The molecule has 3 heteroatoms. The Hall–Kier alpha value is -0.540. The van der Waals surface area contributed by atoms with E-state index in [2.05, 4.69) is 28.9 Å². The Kier molecular flexibility index (Phi) is 3.27. The highest BCUT2D eigenvalue weighted by Crippen LogP contribution is 2.38. The quantitative estimate of drug-likeness (QED) is 0.921. The second-order valence-corrected chi connectivity index (χ2v) is 5.60. The number of hydrogen-bond acceptors (Lipinski definition) is 2. The first kappa shape index (κ1) is 11.9. The molecule has 2 nitrogen and oxygen atoms in total. The van der Waals surface area contributed by atoms with Crippen LogP contribution in [0.4, 0.5) is 0 Å². The van der Waals surface area contributed by atoms with Crippen molar-refractivity contribution in [1.29, 1.82) is 0 Å². The molecular weight excluding hydrogens is 266 g/mol. The predicted octanol–water partition coefficient (Wildman–Crippen LogP) is 3.19. The van der Waals surface area contributed by atoms with Crippen molar-refractivity contribution in [2.45, 2.75) is 38.1 Å². The smallest absolute Gasteiger partial charge is 0.133 e.